The van der Waals surface area contributed by atoms with E-state index in [0.29, 0.717) is 111 Å². The standard InChI is InChI=1S/C33H33N7O4.C25H31N7O2.H4N2O/c1-3-4-18-37-27-28(38-19-8-16-34-32(38)39(31(27)43)20-22-12-14-24(44-2)15-13-22)35-33(37)36-17-7-9-23(21-36)40-29(41)25-10-5-6-11-26(25)30(40)42;1-3-4-14-30-21-22(28-25(30)29-13-5-7-19(26)17-29)31-15-6-12-27-24(31)32(23(21)33)16-18-8-10-20(34-2)11-9-18;1-2-3/h5-6,10-15,23H,7-9,16-21H2,1-2H3;8-11,19H,5-7,12-17,26H2,1-2H3;2-3H,1H2/t23-;19-;/m11./s1. The normalized spacial score (nSPS) is 19.0. The molecule has 2 aromatic heterocycles. The van der Waals surface area contributed by atoms with E-state index in [-0.39, 0.29) is 42.3 Å². The van der Waals surface area contributed by atoms with Crippen LogP contribution in [0, 0.1) is 23.7 Å². The third kappa shape index (κ3) is 11.0. The molecule has 0 radical (unpaired) electrons. The molecule has 7 aliphatic heterocycles. The lowest BCUT2D eigenvalue weighted by Crippen LogP contribution is -2.54. The number of nitrogens with one attached hydrogen (secondary N) is 1. The number of piperidine rings is 2. The molecule has 3 aromatic carbocycles. The van der Waals surface area contributed by atoms with Crippen LogP contribution in [0.2, 0.25) is 0 Å². The molecule has 0 saturated carbocycles. The number of amides is 4. The van der Waals surface area contributed by atoms with Gasteiger partial charge in [0.2, 0.25) is 23.8 Å². The van der Waals surface area contributed by atoms with Crippen molar-refractivity contribution in [2.24, 2.45) is 21.6 Å². The average molecular weight is 1100 g/mol. The Kier molecular flexibility index (Phi) is 17.0. The second-order valence-corrected chi connectivity index (χ2v) is 20.3. The molecule has 422 valence electrons. The fourth-order valence-corrected chi connectivity index (χ4v) is 11.4. The highest BCUT2D eigenvalue weighted by Crippen LogP contribution is 2.38. The maximum Gasteiger partial charge on any atom is 0.281 e. The van der Waals surface area contributed by atoms with Crippen molar-refractivity contribution < 1.29 is 33.9 Å². The van der Waals surface area contributed by atoms with E-state index in [4.69, 9.17) is 40.4 Å². The van der Waals surface area contributed by atoms with Gasteiger partial charge in [0, 0.05) is 58.4 Å². The summed E-state index contributed by atoms with van der Waals surface area (Å²) < 4.78 is 14.5. The summed E-state index contributed by atoms with van der Waals surface area (Å²) in [6, 6.07) is 22.2. The molecule has 2 saturated heterocycles. The zero-order chi connectivity index (χ0) is 56.7. The number of carbonyl (C=O) groups is 4. The Hall–Kier alpha value is -8.74. The Morgan fingerprint density at radius 2 is 1.06 bits per heavy atom. The van der Waals surface area contributed by atoms with Crippen molar-refractivity contribution in [2.75, 3.05) is 86.2 Å². The van der Waals surface area contributed by atoms with Crippen LogP contribution in [-0.4, -0.2) is 153 Å². The summed E-state index contributed by atoms with van der Waals surface area (Å²) in [7, 11) is 3.27. The predicted octanol–water partition coefficient (Wildman–Crippen LogP) is 4.31. The highest BCUT2D eigenvalue weighted by molar-refractivity contribution is 6.22. The Balaban J connectivity index is 0.000000179. The number of anilines is 4. The van der Waals surface area contributed by atoms with E-state index in [2.05, 4.69) is 44.2 Å². The maximum atomic E-state index is 14.3. The number of guanidine groups is 2. The van der Waals surface area contributed by atoms with Crippen LogP contribution < -0.4 is 46.2 Å². The summed E-state index contributed by atoms with van der Waals surface area (Å²) in [5.41, 5.74) is 11.4. The van der Waals surface area contributed by atoms with Crippen molar-refractivity contribution >= 4 is 59.1 Å². The molecule has 23 nitrogen and oxygen atoms in total. The second kappa shape index (κ2) is 24.7. The number of nitrogens with two attached hydrogens (primary N) is 2. The fourth-order valence-electron chi connectivity index (χ4n) is 11.4. The first-order valence-electron chi connectivity index (χ1n) is 27.4. The van der Waals surface area contributed by atoms with Gasteiger partial charge in [-0.3, -0.25) is 62.8 Å². The zero-order valence-electron chi connectivity index (χ0n) is 46.2. The fraction of sp³-hybridized carbons (Fsp3) is 0.414. The van der Waals surface area contributed by atoms with Crippen LogP contribution in [0.15, 0.2) is 82.8 Å². The predicted molar refractivity (Wildman–Crippen MR) is 306 cm³/mol. The van der Waals surface area contributed by atoms with E-state index in [1.54, 1.807) is 55.2 Å². The molecule has 0 spiro atoms. The molecule has 5 aromatic rings. The molecule has 0 bridgehead atoms. The molecular weight excluding hydrogens is 1030 g/mol. The van der Waals surface area contributed by atoms with Gasteiger partial charge >= 0.3 is 0 Å². The quantitative estimate of drug-likeness (QED) is 0.0623. The number of aromatic nitrogens is 4. The van der Waals surface area contributed by atoms with Crippen molar-refractivity contribution in [3.05, 3.63) is 106 Å². The molecular formula is C58H68N16O7. The van der Waals surface area contributed by atoms with Crippen molar-refractivity contribution in [1.29, 1.82) is 0 Å². The Labute approximate surface area is 470 Å². The molecule has 2 atom stereocenters. The lowest BCUT2D eigenvalue weighted by Gasteiger charge is -2.38. The van der Waals surface area contributed by atoms with Crippen molar-refractivity contribution in [3.63, 3.8) is 0 Å². The van der Waals surface area contributed by atoms with Gasteiger partial charge in [0.25, 0.3) is 23.6 Å². The molecule has 0 unspecified atom stereocenters. The summed E-state index contributed by atoms with van der Waals surface area (Å²) in [6.07, 6.45) is 5.24. The summed E-state index contributed by atoms with van der Waals surface area (Å²) in [6.45, 7) is 10.5. The van der Waals surface area contributed by atoms with Gasteiger partial charge in [-0.1, -0.05) is 48.2 Å². The first-order valence-corrected chi connectivity index (χ1v) is 27.4. The number of rotatable bonds is 11. The number of aliphatic imine (C=N–C) groups is 2. The molecule has 23 heteroatoms. The molecule has 6 N–H and O–H groups in total. The van der Waals surface area contributed by atoms with Crippen LogP contribution >= 0.6 is 0 Å². The van der Waals surface area contributed by atoms with Gasteiger partial charge in [-0.05, 0) is 99.9 Å². The van der Waals surface area contributed by atoms with E-state index >= 15 is 0 Å². The lowest BCUT2D eigenvalue weighted by molar-refractivity contribution is 0.0568. The molecule has 4 amide bonds. The third-order valence-electron chi connectivity index (χ3n) is 15.3. The van der Waals surface area contributed by atoms with Gasteiger partial charge in [0.15, 0.2) is 23.0 Å². The number of methoxy groups -OCH3 is 2. The number of ether oxygens (including phenoxy) is 2. The van der Waals surface area contributed by atoms with Crippen LogP contribution in [0.1, 0.15) is 105 Å². The van der Waals surface area contributed by atoms with Crippen LogP contribution in [0.5, 0.6) is 11.5 Å². The number of imide groups is 1. The molecule has 7 aliphatic rings. The number of hydrogen-bond donors (Lipinski definition) is 4. The minimum absolute atomic E-state index is 0.0966. The summed E-state index contributed by atoms with van der Waals surface area (Å²) in [4.78, 5) is 87.9. The van der Waals surface area contributed by atoms with Crippen molar-refractivity contribution in [3.8, 4) is 35.2 Å². The number of fused-ring (bicyclic) bond motifs is 7. The molecule has 81 heavy (non-hydrogen) atoms. The SMILES string of the molecule is CC#CCn1c(N2CCC[C@@H](N)C2)nc2c1C(=O)N(Cc1ccc(OC)cc1)C1=NCCCN12.CC#CCn1c(N2CCC[C@@H](N3C(=O)c4ccccc4C3=O)C2)nc2c1C(=O)N(Cc1ccc(OC)cc1)C1=NCCCN12.NNO. The zero-order valence-corrected chi connectivity index (χ0v) is 46.2. The number of imidazole rings is 2. The monoisotopic (exact) mass is 1100 g/mol. The van der Waals surface area contributed by atoms with E-state index in [0.717, 1.165) is 80.3 Å². The number of benzene rings is 3. The second-order valence-electron chi connectivity index (χ2n) is 20.3. The van der Waals surface area contributed by atoms with Gasteiger partial charge in [-0.25, -0.2) is 5.84 Å². The van der Waals surface area contributed by atoms with Crippen molar-refractivity contribution in [2.45, 2.75) is 90.6 Å². The van der Waals surface area contributed by atoms with E-state index in [1.807, 2.05) is 69.5 Å². The largest absolute Gasteiger partial charge is 0.497 e. The number of hydrazine groups is 1. The first kappa shape index (κ1) is 55.6. The van der Waals surface area contributed by atoms with Gasteiger partial charge in [-0.15, -0.1) is 17.4 Å². The van der Waals surface area contributed by atoms with Gasteiger partial charge in [0.1, 0.15) is 11.5 Å². The Bertz CT molecular complexity index is 3330. The minimum Gasteiger partial charge on any atom is -0.497 e. The van der Waals surface area contributed by atoms with Crippen LogP contribution in [0.25, 0.3) is 0 Å². The van der Waals surface area contributed by atoms with E-state index < -0.39 is 0 Å². The van der Waals surface area contributed by atoms with Crippen molar-refractivity contribution in [1.82, 2.24) is 39.4 Å². The Morgan fingerprint density at radius 3 is 1.49 bits per heavy atom. The Morgan fingerprint density at radius 1 is 0.617 bits per heavy atom. The smallest absolute Gasteiger partial charge is 0.281 e. The van der Waals surface area contributed by atoms with Gasteiger partial charge in [0.05, 0.1) is 57.6 Å². The van der Waals surface area contributed by atoms with E-state index in [9.17, 15) is 19.2 Å². The van der Waals surface area contributed by atoms with E-state index in [1.165, 1.54) is 10.5 Å². The molecule has 12 rings (SSSR count). The summed E-state index contributed by atoms with van der Waals surface area (Å²) >= 11 is 0. The lowest BCUT2D eigenvalue weighted by atomic mass is 10.0. The van der Waals surface area contributed by atoms with Gasteiger partial charge < -0.3 is 30.2 Å². The minimum atomic E-state index is -0.315. The number of hydrogen-bond acceptors (Lipinski definition) is 18. The van der Waals surface area contributed by atoms with Crippen LogP contribution in [0.4, 0.5) is 23.5 Å². The average Bonchev–Trinajstić information content (AvgIpc) is 4.40. The van der Waals surface area contributed by atoms with Gasteiger partial charge in [-0.2, -0.15) is 9.97 Å². The maximum absolute atomic E-state index is 14.3. The topological polar surface area (TPSA) is 254 Å². The van der Waals surface area contributed by atoms with Crippen LogP contribution in [0.3, 0.4) is 0 Å². The summed E-state index contributed by atoms with van der Waals surface area (Å²) in [5.74, 6) is 21.0. The van der Waals surface area contributed by atoms with Crippen LogP contribution in [-0.2, 0) is 26.2 Å². The third-order valence-corrected chi connectivity index (χ3v) is 15.3. The molecule has 2 fully saturated rings. The highest BCUT2D eigenvalue weighted by atomic mass is 16.5. The summed E-state index contributed by atoms with van der Waals surface area (Å²) in [5, 5.41) is 7.10. The molecule has 9 heterocycles. The first-order chi connectivity index (χ1) is 39.5. The molecule has 0 aliphatic carbocycles. The number of nitrogens with zero attached hydrogens (tertiary/aromatic N) is 13. The number of carbonyl (C=O) groups excluding carboxylic acids is 4. The highest BCUT2D eigenvalue weighted by Gasteiger charge is 2.46.